The molecule has 0 radical (unpaired) electrons. The Labute approximate surface area is 167 Å². The zero-order chi connectivity index (χ0) is 19.4. The van der Waals surface area contributed by atoms with Crippen LogP contribution in [0.1, 0.15) is 64.2 Å². The van der Waals surface area contributed by atoms with Crippen LogP contribution in [0.25, 0.3) is 0 Å². The van der Waals surface area contributed by atoms with Gasteiger partial charge in [0.25, 0.3) is 0 Å². The van der Waals surface area contributed by atoms with Crippen molar-refractivity contribution in [2.24, 2.45) is 0 Å². The molecule has 152 valence electrons. The van der Waals surface area contributed by atoms with Gasteiger partial charge in [0.05, 0.1) is 19.7 Å². The average molecular weight is 445 g/mol. The molecule has 2 aliphatic rings. The Morgan fingerprint density at radius 3 is 2.00 bits per heavy atom. The lowest BCUT2D eigenvalue weighted by atomic mass is 10.1. The van der Waals surface area contributed by atoms with Crippen LogP contribution in [0.2, 0.25) is 0 Å². The van der Waals surface area contributed by atoms with E-state index in [-0.39, 0.29) is 12.8 Å². The Morgan fingerprint density at radius 2 is 1.54 bits per heavy atom. The van der Waals surface area contributed by atoms with E-state index in [2.05, 4.69) is 0 Å². The van der Waals surface area contributed by atoms with Crippen molar-refractivity contribution >= 4 is 53.2 Å². The first-order valence-corrected chi connectivity index (χ1v) is 14.3. The summed E-state index contributed by atoms with van der Waals surface area (Å²) in [5.74, 6) is 0.356. The number of aliphatic carboxylic acids is 2. The van der Waals surface area contributed by atoms with Crippen LogP contribution in [0, 0.1) is 0 Å². The SMILES string of the molecule is O=C(O)CCCCC1CCS(=O)S1.O=C(O)CCCCC1CCS[S@@]1=O. The smallest absolute Gasteiger partial charge is 0.303 e. The van der Waals surface area contributed by atoms with E-state index in [0.29, 0.717) is 16.9 Å². The molecule has 0 spiro atoms. The minimum atomic E-state index is -0.734. The van der Waals surface area contributed by atoms with Gasteiger partial charge < -0.3 is 10.2 Å². The third-order valence-corrected chi connectivity index (χ3v) is 11.2. The first-order chi connectivity index (χ1) is 12.4. The summed E-state index contributed by atoms with van der Waals surface area (Å²) in [6.45, 7) is 0. The molecule has 4 atom stereocenters. The lowest BCUT2D eigenvalue weighted by molar-refractivity contribution is -0.138. The van der Waals surface area contributed by atoms with Gasteiger partial charge >= 0.3 is 11.9 Å². The molecule has 0 aliphatic carbocycles. The van der Waals surface area contributed by atoms with E-state index in [0.717, 1.165) is 56.5 Å². The summed E-state index contributed by atoms with van der Waals surface area (Å²) in [6, 6.07) is 0. The monoisotopic (exact) mass is 444 g/mol. The number of rotatable bonds is 10. The summed E-state index contributed by atoms with van der Waals surface area (Å²) in [7, 11) is 1.70. The highest BCUT2D eigenvalue weighted by molar-refractivity contribution is 8.70. The Balaban J connectivity index is 0.000000260. The molecule has 2 heterocycles. The van der Waals surface area contributed by atoms with Gasteiger partial charge in [0, 0.05) is 34.8 Å². The fraction of sp³-hybridized carbons (Fsp3) is 0.875. The molecule has 2 rings (SSSR count). The molecule has 26 heavy (non-hydrogen) atoms. The van der Waals surface area contributed by atoms with E-state index in [1.165, 1.54) is 10.8 Å². The number of hydrogen-bond donors (Lipinski definition) is 2. The Morgan fingerprint density at radius 1 is 0.923 bits per heavy atom. The van der Waals surface area contributed by atoms with Gasteiger partial charge in [-0.1, -0.05) is 34.4 Å². The maximum Gasteiger partial charge on any atom is 0.303 e. The van der Waals surface area contributed by atoms with Crippen LogP contribution in [0.4, 0.5) is 0 Å². The first kappa shape index (κ1) is 24.0. The van der Waals surface area contributed by atoms with E-state index in [1.807, 2.05) is 0 Å². The van der Waals surface area contributed by atoms with Crippen molar-refractivity contribution < 1.29 is 28.2 Å². The van der Waals surface area contributed by atoms with Crippen LogP contribution in [0.15, 0.2) is 0 Å². The first-order valence-electron chi connectivity index (χ1n) is 8.91. The summed E-state index contributed by atoms with van der Waals surface area (Å²) < 4.78 is 22.2. The van der Waals surface area contributed by atoms with Crippen LogP contribution in [-0.4, -0.2) is 52.6 Å². The molecule has 0 bridgehead atoms. The lowest BCUT2D eigenvalue weighted by Crippen LogP contribution is -2.06. The highest BCUT2D eigenvalue weighted by atomic mass is 33.1. The van der Waals surface area contributed by atoms with Crippen molar-refractivity contribution in [1.82, 2.24) is 0 Å². The van der Waals surface area contributed by atoms with Crippen molar-refractivity contribution in [3.05, 3.63) is 0 Å². The van der Waals surface area contributed by atoms with Gasteiger partial charge in [0.2, 0.25) is 0 Å². The second kappa shape index (κ2) is 14.0. The van der Waals surface area contributed by atoms with Gasteiger partial charge in [0.15, 0.2) is 0 Å². The van der Waals surface area contributed by atoms with Crippen molar-refractivity contribution in [2.75, 3.05) is 11.5 Å². The van der Waals surface area contributed by atoms with E-state index >= 15 is 0 Å². The standard InChI is InChI=1S/2C8H14O3S2/c9-8(10)4-2-1-3-7-5-6-13(11)12-7;9-8(10)4-2-1-3-7-5-6-12-13(7)11/h2*7H,1-6H2,(H,9,10)/t;7?,13-/m.0/s1. The molecule has 0 aromatic heterocycles. The van der Waals surface area contributed by atoms with E-state index in [4.69, 9.17) is 10.2 Å². The molecule has 0 saturated carbocycles. The zero-order valence-electron chi connectivity index (χ0n) is 14.8. The van der Waals surface area contributed by atoms with Crippen molar-refractivity contribution in [3.8, 4) is 0 Å². The molecule has 0 amide bonds. The average Bonchev–Trinajstić information content (AvgIpc) is 3.17. The van der Waals surface area contributed by atoms with Crippen molar-refractivity contribution in [2.45, 2.75) is 74.7 Å². The van der Waals surface area contributed by atoms with Crippen molar-refractivity contribution in [3.63, 3.8) is 0 Å². The molecule has 10 heteroatoms. The largest absolute Gasteiger partial charge is 0.481 e. The van der Waals surface area contributed by atoms with E-state index in [1.54, 1.807) is 10.8 Å². The Hall–Kier alpha value is -0.0600. The second-order valence-corrected chi connectivity index (χ2v) is 13.4. The Bertz CT molecular complexity index is 499. The van der Waals surface area contributed by atoms with Gasteiger partial charge in [-0.05, 0) is 38.5 Å². The second-order valence-electron chi connectivity index (χ2n) is 6.29. The van der Waals surface area contributed by atoms with Gasteiger partial charge in [-0.3, -0.25) is 9.59 Å². The van der Waals surface area contributed by atoms with Gasteiger partial charge in [-0.15, -0.1) is 0 Å². The van der Waals surface area contributed by atoms with Gasteiger partial charge in [-0.2, -0.15) is 0 Å². The molecule has 2 fully saturated rings. The normalized spacial score (nSPS) is 27.7. The summed E-state index contributed by atoms with van der Waals surface area (Å²) in [4.78, 5) is 20.4. The molecular formula is C16H28O6S4. The molecule has 2 aliphatic heterocycles. The summed E-state index contributed by atoms with van der Waals surface area (Å²) >= 11 is 0. The quantitative estimate of drug-likeness (QED) is 0.389. The molecule has 2 N–H and O–H groups in total. The fourth-order valence-corrected chi connectivity index (χ4v) is 9.72. The fourth-order valence-electron chi connectivity index (χ4n) is 2.66. The van der Waals surface area contributed by atoms with Crippen LogP contribution in [-0.2, 0) is 29.3 Å². The van der Waals surface area contributed by atoms with Gasteiger partial charge in [0.1, 0.15) is 0 Å². The predicted octanol–water partition coefficient (Wildman–Crippen LogP) is 3.60. The van der Waals surface area contributed by atoms with Crippen LogP contribution in [0.5, 0.6) is 0 Å². The molecule has 6 nitrogen and oxygen atoms in total. The van der Waals surface area contributed by atoms with Gasteiger partial charge in [-0.25, -0.2) is 8.42 Å². The maximum absolute atomic E-state index is 11.3. The third-order valence-electron chi connectivity index (χ3n) is 4.09. The topological polar surface area (TPSA) is 109 Å². The highest BCUT2D eigenvalue weighted by Crippen LogP contribution is 2.31. The van der Waals surface area contributed by atoms with E-state index < -0.39 is 31.6 Å². The highest BCUT2D eigenvalue weighted by Gasteiger charge is 2.23. The van der Waals surface area contributed by atoms with Crippen LogP contribution < -0.4 is 0 Å². The molecule has 2 saturated heterocycles. The van der Waals surface area contributed by atoms with Crippen LogP contribution >= 0.6 is 21.6 Å². The summed E-state index contributed by atoms with van der Waals surface area (Å²) in [5.41, 5.74) is 0. The molecule has 0 aromatic rings. The molecular weight excluding hydrogens is 416 g/mol. The lowest BCUT2D eigenvalue weighted by Gasteiger charge is -2.05. The minimum Gasteiger partial charge on any atom is -0.481 e. The third kappa shape index (κ3) is 11.6. The number of carbonyl (C=O) groups is 2. The number of unbranched alkanes of at least 4 members (excludes halogenated alkanes) is 2. The predicted molar refractivity (Wildman–Crippen MR) is 110 cm³/mol. The number of carboxylic acid groups (broad SMARTS) is 2. The number of hydrogen-bond acceptors (Lipinski definition) is 6. The van der Waals surface area contributed by atoms with E-state index in [9.17, 15) is 18.0 Å². The molecule has 0 aromatic carbocycles. The summed E-state index contributed by atoms with van der Waals surface area (Å²) in [5, 5.41) is 17.6. The summed E-state index contributed by atoms with van der Waals surface area (Å²) in [6.07, 6.45) is 7.81. The maximum atomic E-state index is 11.3. The number of carboxylic acids is 2. The molecule has 3 unspecified atom stereocenters. The minimum absolute atomic E-state index is 0.243. The Kier molecular flexibility index (Phi) is 12.9. The zero-order valence-corrected chi connectivity index (χ0v) is 18.1. The van der Waals surface area contributed by atoms with Crippen LogP contribution in [0.3, 0.4) is 0 Å². The van der Waals surface area contributed by atoms with Crippen molar-refractivity contribution in [1.29, 1.82) is 0 Å².